The summed E-state index contributed by atoms with van der Waals surface area (Å²) in [6.45, 7) is 5.96. The number of amides is 1. The third-order valence-corrected chi connectivity index (χ3v) is 5.40. The van der Waals surface area contributed by atoms with Crippen molar-refractivity contribution < 1.29 is 22.7 Å². The molecular formula is C21H28F3N3O2. The second kappa shape index (κ2) is 8.75. The molecule has 2 heterocycles. The first-order chi connectivity index (χ1) is 13.7. The van der Waals surface area contributed by atoms with Gasteiger partial charge in [-0.25, -0.2) is 0 Å². The van der Waals surface area contributed by atoms with E-state index in [1.54, 1.807) is 11.0 Å². The van der Waals surface area contributed by atoms with Gasteiger partial charge in [0.25, 0.3) is 0 Å². The minimum absolute atomic E-state index is 0.0119. The molecule has 1 amide bonds. The fourth-order valence-electron chi connectivity index (χ4n) is 3.91. The average molecular weight is 411 g/mol. The first kappa shape index (κ1) is 21.6. The van der Waals surface area contributed by atoms with E-state index < -0.39 is 11.7 Å². The van der Waals surface area contributed by atoms with Crippen molar-refractivity contribution in [1.29, 1.82) is 0 Å². The Morgan fingerprint density at radius 2 is 2.07 bits per heavy atom. The molecule has 29 heavy (non-hydrogen) atoms. The lowest BCUT2D eigenvalue weighted by molar-refractivity contribution is -0.133. The Kier molecular flexibility index (Phi) is 6.53. The number of aromatic nitrogens is 1. The molecule has 0 bridgehead atoms. The predicted molar refractivity (Wildman–Crippen MR) is 105 cm³/mol. The minimum Gasteiger partial charge on any atom is -0.379 e. The van der Waals surface area contributed by atoms with Gasteiger partial charge in [0.1, 0.15) is 0 Å². The number of allylic oxidation sites excluding steroid dienone is 3. The van der Waals surface area contributed by atoms with Gasteiger partial charge in [0, 0.05) is 30.5 Å². The second-order valence-corrected chi connectivity index (χ2v) is 7.74. The van der Waals surface area contributed by atoms with Gasteiger partial charge in [-0.1, -0.05) is 12.2 Å². The summed E-state index contributed by atoms with van der Waals surface area (Å²) in [5.41, 5.74) is 8.31. The van der Waals surface area contributed by atoms with E-state index in [1.165, 1.54) is 6.08 Å². The van der Waals surface area contributed by atoms with E-state index in [4.69, 9.17) is 10.5 Å². The Bertz CT molecular complexity index is 822. The van der Waals surface area contributed by atoms with Crippen molar-refractivity contribution in [2.75, 3.05) is 19.8 Å². The highest BCUT2D eigenvalue weighted by Crippen LogP contribution is 2.35. The van der Waals surface area contributed by atoms with Crippen LogP contribution in [0.1, 0.15) is 42.3 Å². The molecule has 1 aliphatic carbocycles. The second-order valence-electron chi connectivity index (χ2n) is 7.74. The van der Waals surface area contributed by atoms with Crippen LogP contribution in [0.4, 0.5) is 13.2 Å². The van der Waals surface area contributed by atoms with Crippen LogP contribution in [-0.2, 0) is 29.0 Å². The monoisotopic (exact) mass is 411 g/mol. The number of fused-ring (bicyclic) bond motifs is 3. The molecule has 1 aromatic rings. The Morgan fingerprint density at radius 3 is 2.76 bits per heavy atom. The zero-order valence-electron chi connectivity index (χ0n) is 16.9. The lowest BCUT2D eigenvalue weighted by Gasteiger charge is -2.30. The van der Waals surface area contributed by atoms with Crippen LogP contribution in [-0.4, -0.2) is 47.4 Å². The van der Waals surface area contributed by atoms with Crippen molar-refractivity contribution >= 4 is 12.0 Å². The Morgan fingerprint density at radius 1 is 1.31 bits per heavy atom. The van der Waals surface area contributed by atoms with Crippen molar-refractivity contribution in [2.24, 2.45) is 5.73 Å². The van der Waals surface area contributed by atoms with E-state index in [-0.39, 0.29) is 18.4 Å². The summed E-state index contributed by atoms with van der Waals surface area (Å²) in [4.78, 5) is 14.3. The molecule has 2 N–H and O–H groups in total. The van der Waals surface area contributed by atoms with Gasteiger partial charge in [0.2, 0.25) is 5.91 Å². The first-order valence-electron chi connectivity index (χ1n) is 9.96. The van der Waals surface area contributed by atoms with Crippen LogP contribution in [0.5, 0.6) is 0 Å². The van der Waals surface area contributed by atoms with Crippen LogP contribution in [0.25, 0.3) is 6.08 Å². The molecule has 160 valence electrons. The summed E-state index contributed by atoms with van der Waals surface area (Å²) >= 11 is 0. The zero-order chi connectivity index (χ0) is 21.2. The third-order valence-electron chi connectivity index (χ3n) is 5.40. The first-order valence-corrected chi connectivity index (χ1v) is 9.96. The Labute approximate surface area is 169 Å². The largest absolute Gasteiger partial charge is 0.416 e. The molecular weight excluding hydrogens is 383 g/mol. The summed E-state index contributed by atoms with van der Waals surface area (Å²) in [5.74, 6) is -0.0119. The molecule has 3 rings (SSSR count). The number of halogens is 3. The summed E-state index contributed by atoms with van der Waals surface area (Å²) in [6, 6.07) is -0.0744. The van der Waals surface area contributed by atoms with Crippen LogP contribution in [0, 0.1) is 6.92 Å². The van der Waals surface area contributed by atoms with Crippen LogP contribution in [0.15, 0.2) is 17.7 Å². The normalized spacial score (nSPS) is 19.0. The van der Waals surface area contributed by atoms with E-state index in [9.17, 15) is 18.0 Å². The zero-order valence-corrected chi connectivity index (χ0v) is 16.9. The number of ether oxygens (including phenoxy) is 1. The number of nitrogens with zero attached hydrogens (tertiary/aromatic N) is 2. The molecule has 1 aromatic heterocycles. The van der Waals surface area contributed by atoms with E-state index in [2.05, 4.69) is 4.57 Å². The van der Waals surface area contributed by atoms with Gasteiger partial charge in [0.05, 0.1) is 31.8 Å². The SMILES string of the molecule is Cc1c2c(n3c1CN(C(=O)CCOCC(C)N)CC3)CC/C=C\C(C(F)(F)F)=C2. The maximum Gasteiger partial charge on any atom is 0.416 e. The van der Waals surface area contributed by atoms with Gasteiger partial charge < -0.3 is 19.9 Å². The maximum absolute atomic E-state index is 13.3. The topological polar surface area (TPSA) is 60.5 Å². The lowest BCUT2D eigenvalue weighted by atomic mass is 10.0. The lowest BCUT2D eigenvalue weighted by Crippen LogP contribution is -2.39. The molecule has 5 nitrogen and oxygen atoms in total. The molecule has 0 saturated heterocycles. The minimum atomic E-state index is -4.39. The van der Waals surface area contributed by atoms with Gasteiger partial charge in [-0.3, -0.25) is 4.79 Å². The van der Waals surface area contributed by atoms with Crippen LogP contribution >= 0.6 is 0 Å². The molecule has 0 aromatic carbocycles. The standard InChI is InChI=1S/C21H28F3N3O2/c1-14(25)13-29-10-7-20(28)26-8-9-27-18-6-4-3-5-16(21(22,23)24)11-17(18)15(2)19(27)12-26/h3,5,11,14H,4,6-10,12-13,25H2,1-2H3/b5-3-,16-11?. The summed E-state index contributed by atoms with van der Waals surface area (Å²) in [7, 11) is 0. The van der Waals surface area contributed by atoms with E-state index in [0.717, 1.165) is 23.0 Å². The van der Waals surface area contributed by atoms with Crippen LogP contribution in [0.2, 0.25) is 0 Å². The number of rotatable bonds is 5. The molecule has 0 spiro atoms. The molecule has 8 heteroatoms. The van der Waals surface area contributed by atoms with Gasteiger partial charge in [0.15, 0.2) is 0 Å². The summed E-state index contributed by atoms with van der Waals surface area (Å²) in [6.07, 6.45) is 1.13. The molecule has 0 radical (unpaired) electrons. The van der Waals surface area contributed by atoms with Crippen molar-refractivity contribution in [3.05, 3.63) is 40.2 Å². The summed E-state index contributed by atoms with van der Waals surface area (Å²) in [5, 5.41) is 0. The van der Waals surface area contributed by atoms with Crippen LogP contribution < -0.4 is 5.73 Å². The van der Waals surface area contributed by atoms with E-state index >= 15 is 0 Å². The maximum atomic E-state index is 13.3. The molecule has 2 aliphatic rings. The van der Waals surface area contributed by atoms with Gasteiger partial charge in [-0.05, 0) is 43.9 Å². The number of alkyl halides is 3. The van der Waals surface area contributed by atoms with Gasteiger partial charge in [-0.2, -0.15) is 13.2 Å². The highest BCUT2D eigenvalue weighted by Gasteiger charge is 2.34. The Balaban J connectivity index is 1.79. The van der Waals surface area contributed by atoms with Crippen molar-refractivity contribution in [2.45, 2.75) is 58.4 Å². The van der Waals surface area contributed by atoms with E-state index in [1.807, 2.05) is 13.8 Å². The smallest absolute Gasteiger partial charge is 0.379 e. The molecule has 0 saturated carbocycles. The number of nitrogens with two attached hydrogens (primary N) is 1. The van der Waals surface area contributed by atoms with Gasteiger partial charge >= 0.3 is 6.18 Å². The molecule has 1 unspecified atom stereocenters. The predicted octanol–water partition coefficient (Wildman–Crippen LogP) is 3.34. The third kappa shape index (κ3) is 4.93. The van der Waals surface area contributed by atoms with Crippen molar-refractivity contribution in [3.8, 4) is 0 Å². The van der Waals surface area contributed by atoms with Gasteiger partial charge in [-0.15, -0.1) is 0 Å². The number of hydrogen-bond donors (Lipinski definition) is 1. The van der Waals surface area contributed by atoms with Crippen molar-refractivity contribution in [1.82, 2.24) is 9.47 Å². The van der Waals surface area contributed by atoms with Crippen molar-refractivity contribution in [3.63, 3.8) is 0 Å². The molecule has 1 atom stereocenters. The van der Waals surface area contributed by atoms with E-state index in [0.29, 0.717) is 51.3 Å². The number of hydrogen-bond acceptors (Lipinski definition) is 3. The van der Waals surface area contributed by atoms with Crippen LogP contribution in [0.3, 0.4) is 0 Å². The molecule has 0 fully saturated rings. The number of carbonyl (C=O) groups is 1. The Hall–Kier alpha value is -2.06. The number of carbonyl (C=O) groups excluding carboxylic acids is 1. The quantitative estimate of drug-likeness (QED) is 0.756. The fourth-order valence-corrected chi connectivity index (χ4v) is 3.91. The highest BCUT2D eigenvalue weighted by atomic mass is 19.4. The summed E-state index contributed by atoms with van der Waals surface area (Å²) < 4.78 is 47.5. The molecule has 1 aliphatic heterocycles. The average Bonchev–Trinajstić information content (AvgIpc) is 2.87. The highest BCUT2D eigenvalue weighted by molar-refractivity contribution is 5.76. The fraction of sp³-hybridized carbons (Fsp3) is 0.571.